The van der Waals surface area contributed by atoms with E-state index in [1.54, 1.807) is 24.3 Å². The lowest BCUT2D eigenvalue weighted by atomic mass is 9.97. The molecule has 0 unspecified atom stereocenters. The lowest BCUT2D eigenvalue weighted by molar-refractivity contribution is -0.125. The van der Waals surface area contributed by atoms with Crippen molar-refractivity contribution in [2.45, 2.75) is 55.5 Å². The van der Waals surface area contributed by atoms with Crippen molar-refractivity contribution in [3.63, 3.8) is 0 Å². The number of piperidine rings is 3. The van der Waals surface area contributed by atoms with Crippen LogP contribution in [-0.2, 0) is 19.4 Å². The number of nitrogens with zero attached hydrogens (tertiary/aromatic N) is 5. The van der Waals surface area contributed by atoms with Gasteiger partial charge in [-0.25, -0.2) is 23.2 Å². The molecule has 3 aromatic rings. The van der Waals surface area contributed by atoms with Crippen LogP contribution in [0.4, 0.5) is 27.8 Å². The van der Waals surface area contributed by atoms with Crippen LogP contribution in [0.15, 0.2) is 65.8 Å². The van der Waals surface area contributed by atoms with Crippen LogP contribution in [0.5, 0.6) is 0 Å². The van der Waals surface area contributed by atoms with Crippen LogP contribution in [0.2, 0.25) is 0 Å². The third-order valence-corrected chi connectivity index (χ3v) is 11.7. The van der Waals surface area contributed by atoms with Gasteiger partial charge in [-0.2, -0.15) is 0 Å². The smallest absolute Gasteiger partial charge is 0.407 e. The van der Waals surface area contributed by atoms with E-state index in [-0.39, 0.29) is 40.5 Å². The van der Waals surface area contributed by atoms with Crippen LogP contribution < -0.4 is 31.5 Å². The molecule has 2 aromatic carbocycles. The maximum absolute atomic E-state index is 13.3. The first-order chi connectivity index (χ1) is 26.7. The Labute approximate surface area is 323 Å². The number of carbonyl (C=O) groups excluding carboxylic acids is 5. The Morgan fingerprint density at radius 1 is 0.982 bits per heavy atom. The number of ether oxygens (including phenoxy) is 1. The number of anilines is 4. The Morgan fingerprint density at radius 3 is 2.41 bits per heavy atom. The Balaban J connectivity index is 0.895. The zero-order chi connectivity index (χ0) is 39.7. The minimum Gasteiger partial charge on any atom is -0.449 e. The first kappa shape index (κ1) is 38.2. The average Bonchev–Trinajstić information content (AvgIpc) is 3.42. The minimum atomic E-state index is -3.39. The van der Waals surface area contributed by atoms with Crippen molar-refractivity contribution in [1.82, 2.24) is 25.5 Å². The molecule has 3 fully saturated rings. The number of rotatable bonds is 10. The van der Waals surface area contributed by atoms with Gasteiger partial charge in [0.05, 0.1) is 28.8 Å². The largest absolute Gasteiger partial charge is 0.449 e. The molecular formula is C38H43N9O8S. The van der Waals surface area contributed by atoms with Crippen molar-refractivity contribution in [3.05, 3.63) is 77.8 Å². The summed E-state index contributed by atoms with van der Waals surface area (Å²) in [6.45, 7) is 6.42. The van der Waals surface area contributed by atoms with Gasteiger partial charge in [-0.05, 0) is 86.9 Å². The van der Waals surface area contributed by atoms with Gasteiger partial charge in [-0.1, -0.05) is 6.58 Å². The van der Waals surface area contributed by atoms with Crippen LogP contribution in [0.25, 0.3) is 0 Å². The highest BCUT2D eigenvalue weighted by molar-refractivity contribution is 7.90. The van der Waals surface area contributed by atoms with Crippen molar-refractivity contribution < 1.29 is 37.1 Å². The van der Waals surface area contributed by atoms with Crippen molar-refractivity contribution >= 4 is 62.6 Å². The molecule has 5 heterocycles. The van der Waals surface area contributed by atoms with E-state index < -0.39 is 45.6 Å². The minimum absolute atomic E-state index is 0.0776. The first-order valence-electron chi connectivity index (χ1n) is 18.4. The molecule has 18 heteroatoms. The average molecular weight is 786 g/mol. The summed E-state index contributed by atoms with van der Waals surface area (Å²) < 4.78 is 29.3. The third-order valence-electron chi connectivity index (χ3n) is 10.6. The molecule has 5 N–H and O–H groups in total. The molecule has 56 heavy (non-hydrogen) atoms. The number of hydrogen-bond acceptors (Lipinski definition) is 13. The number of nitrogens with two attached hydrogens (primary N) is 1. The van der Waals surface area contributed by atoms with Gasteiger partial charge >= 0.3 is 6.09 Å². The number of amides is 5. The van der Waals surface area contributed by atoms with E-state index in [1.165, 1.54) is 18.3 Å². The number of imide groups is 1. The number of hydrogen-bond donors (Lipinski definition) is 4. The van der Waals surface area contributed by atoms with E-state index in [1.807, 2.05) is 11.0 Å². The third kappa shape index (κ3) is 8.14. The van der Waals surface area contributed by atoms with E-state index in [9.17, 15) is 32.4 Å². The fourth-order valence-electron chi connectivity index (χ4n) is 7.52. The Hall–Kier alpha value is -6.04. The fraction of sp³-hybridized carbons (Fsp3) is 0.395. The molecule has 1 aromatic heterocycles. The summed E-state index contributed by atoms with van der Waals surface area (Å²) in [6, 6.07) is 10.1. The van der Waals surface area contributed by atoms with E-state index >= 15 is 0 Å². The van der Waals surface area contributed by atoms with Crippen molar-refractivity contribution in [2.75, 3.05) is 54.2 Å². The first-order valence-corrected chi connectivity index (χ1v) is 20.3. The molecule has 294 valence electrons. The second-order valence-corrected chi connectivity index (χ2v) is 16.5. The van der Waals surface area contributed by atoms with E-state index in [2.05, 4.69) is 37.4 Å². The molecule has 2 atom stereocenters. The van der Waals surface area contributed by atoms with E-state index in [4.69, 9.17) is 10.5 Å². The highest BCUT2D eigenvalue weighted by Crippen LogP contribution is 2.33. The molecule has 0 spiro atoms. The highest BCUT2D eigenvalue weighted by atomic mass is 32.2. The Morgan fingerprint density at radius 2 is 1.71 bits per heavy atom. The topological polar surface area (TPSA) is 226 Å². The standard InChI is InChI=1S/C38H43N9O8S/c1-22-5-12-30(35(49)41-22)47-36(50)28-11-8-26(18-29(28)37(47)51)45-16-13-23(14-17-45)21-55-38(52)43-25-4-3-15-46(20-25)31-19-40-32(33(39)48)34(44-31)42-24-6-9-27(10-7-24)56(2,53)54/h6-11,18-19,23,25,30H,1,3-5,12-17,20-21H2,2H3,(H2,39,48)(H,41,49)(H,42,44)(H,43,52)/t25-,30+/m1/s1. The maximum Gasteiger partial charge on any atom is 0.407 e. The van der Waals surface area contributed by atoms with Crippen LogP contribution in [0.3, 0.4) is 0 Å². The lowest BCUT2D eigenvalue weighted by Gasteiger charge is -2.34. The number of carbonyl (C=O) groups is 5. The second-order valence-electron chi connectivity index (χ2n) is 14.5. The number of alkyl carbamates (subject to hydrolysis) is 1. The number of primary amides is 1. The summed E-state index contributed by atoms with van der Waals surface area (Å²) >= 11 is 0. The molecule has 0 saturated carbocycles. The summed E-state index contributed by atoms with van der Waals surface area (Å²) in [5.74, 6) is -1.40. The van der Waals surface area contributed by atoms with Gasteiger partial charge in [-0.15, -0.1) is 0 Å². The number of sulfone groups is 1. The summed E-state index contributed by atoms with van der Waals surface area (Å²) in [5, 5.41) is 8.63. The van der Waals surface area contributed by atoms with E-state index in [0.717, 1.165) is 42.5 Å². The molecule has 17 nitrogen and oxygen atoms in total. The molecule has 3 saturated heterocycles. The number of aromatic nitrogens is 2. The maximum atomic E-state index is 13.3. The molecular weight excluding hydrogens is 743 g/mol. The predicted octanol–water partition coefficient (Wildman–Crippen LogP) is 2.72. The molecule has 4 aliphatic heterocycles. The Kier molecular flexibility index (Phi) is 10.7. The molecule has 0 radical (unpaired) electrons. The predicted molar refractivity (Wildman–Crippen MR) is 205 cm³/mol. The van der Waals surface area contributed by atoms with Crippen LogP contribution in [-0.4, -0.2) is 104 Å². The number of benzene rings is 2. The quantitative estimate of drug-likeness (QED) is 0.217. The van der Waals surface area contributed by atoms with Crippen LogP contribution in [0, 0.1) is 5.92 Å². The molecule has 7 rings (SSSR count). The number of nitrogens with one attached hydrogen (secondary N) is 3. The number of fused-ring (bicyclic) bond motifs is 1. The monoisotopic (exact) mass is 785 g/mol. The molecule has 5 amide bonds. The van der Waals surface area contributed by atoms with Gasteiger partial charge in [0.15, 0.2) is 21.3 Å². The SMILES string of the molecule is C=C1CC[C@H](N2C(=O)c3ccc(N4CCC(COC(=O)N[C@@H]5CCCN(c6cnc(C(N)=O)c(Nc7ccc(S(C)(=O)=O)cc7)n6)C5)CC4)cc3C2=O)C(=O)N1. The van der Waals surface area contributed by atoms with Gasteiger partial charge in [-0.3, -0.25) is 24.1 Å². The van der Waals surface area contributed by atoms with Crippen LogP contribution >= 0.6 is 0 Å². The summed E-state index contributed by atoms with van der Waals surface area (Å²) in [4.78, 5) is 78.2. The van der Waals surface area contributed by atoms with Gasteiger partial charge in [0.1, 0.15) is 11.9 Å². The van der Waals surface area contributed by atoms with Crippen molar-refractivity contribution in [1.29, 1.82) is 0 Å². The fourth-order valence-corrected chi connectivity index (χ4v) is 8.15. The molecule has 4 aliphatic rings. The lowest BCUT2D eigenvalue weighted by Crippen LogP contribution is -2.51. The normalized spacial score (nSPS) is 20.4. The van der Waals surface area contributed by atoms with Gasteiger partial charge in [0.2, 0.25) is 5.91 Å². The summed E-state index contributed by atoms with van der Waals surface area (Å²) in [7, 11) is -3.39. The van der Waals surface area contributed by atoms with Crippen molar-refractivity contribution in [2.24, 2.45) is 11.7 Å². The summed E-state index contributed by atoms with van der Waals surface area (Å²) in [5.41, 5.74) is 7.93. The Bertz CT molecular complexity index is 2210. The van der Waals surface area contributed by atoms with Crippen LogP contribution in [0.1, 0.15) is 69.7 Å². The van der Waals surface area contributed by atoms with Gasteiger partial charge < -0.3 is 36.2 Å². The van der Waals surface area contributed by atoms with Gasteiger partial charge in [0, 0.05) is 55.5 Å². The van der Waals surface area contributed by atoms with E-state index in [0.29, 0.717) is 61.8 Å². The second kappa shape index (κ2) is 15.6. The summed E-state index contributed by atoms with van der Waals surface area (Å²) in [6.07, 6.45) is 5.88. The zero-order valence-electron chi connectivity index (χ0n) is 30.8. The zero-order valence-corrected chi connectivity index (χ0v) is 31.6. The van der Waals surface area contributed by atoms with Crippen molar-refractivity contribution in [3.8, 4) is 0 Å². The number of allylic oxidation sites excluding steroid dienone is 1. The molecule has 0 aliphatic carbocycles. The highest BCUT2D eigenvalue weighted by Gasteiger charge is 2.44. The van der Waals surface area contributed by atoms with Gasteiger partial charge in [0.25, 0.3) is 17.7 Å². The molecule has 0 bridgehead atoms.